The normalized spacial score (nSPS) is 27.1. The number of piperazine rings is 1. The molecule has 5 aliphatic heterocycles. The number of nitrogens with zero attached hydrogens (tertiary/aromatic N) is 3. The van der Waals surface area contributed by atoms with Gasteiger partial charge < -0.3 is 29.2 Å². The van der Waals surface area contributed by atoms with Crippen LogP contribution in [0.2, 0.25) is 0 Å². The number of aromatic hydroxyl groups is 1. The second kappa shape index (κ2) is 8.80. The average Bonchev–Trinajstić information content (AvgIpc) is 3.30. The van der Waals surface area contributed by atoms with E-state index in [1.54, 1.807) is 13.2 Å². The number of phenols is 1. The molecule has 2 unspecified atom stereocenters. The fraction of sp³-hybridized carbons (Fsp3) is 0.483. The van der Waals surface area contributed by atoms with Gasteiger partial charge in [0.15, 0.2) is 23.0 Å². The number of aryl methyl sites for hydroxylation is 1. The molecule has 0 radical (unpaired) electrons. The Morgan fingerprint density at radius 1 is 1.26 bits per heavy atom. The van der Waals surface area contributed by atoms with Crippen molar-refractivity contribution in [3.63, 3.8) is 0 Å². The number of rotatable bonds is 5. The minimum atomic E-state index is -0.945. The van der Waals surface area contributed by atoms with E-state index in [-0.39, 0.29) is 31.2 Å². The van der Waals surface area contributed by atoms with E-state index < -0.39 is 11.6 Å². The summed E-state index contributed by atoms with van der Waals surface area (Å²) in [6, 6.07) is 3.67. The highest BCUT2D eigenvalue weighted by molar-refractivity contribution is 5.67. The predicted molar refractivity (Wildman–Crippen MR) is 139 cm³/mol. The standard InChI is InChI=1S/C29H33N3O6/c1-6-7-36-26-16(3)27-28(38-14-37-27)22-18(26)9-19-23-21-17(8-15(2)25(35-5)24(21)34)10-29(12-30,13-31(23)4)32(19)20(22)11-33/h6,8,19-20,23,33-34H,1,7,9-11,13-14H2,2-5H3/t19?,20-,23-,29?/m0/s1. The van der Waals surface area contributed by atoms with Crippen LogP contribution in [0.4, 0.5) is 0 Å². The molecular formula is C29H33N3O6. The third-order valence-corrected chi connectivity index (χ3v) is 8.70. The molecule has 38 heavy (non-hydrogen) atoms. The summed E-state index contributed by atoms with van der Waals surface area (Å²) in [6.07, 6.45) is 2.64. The van der Waals surface area contributed by atoms with Crippen LogP contribution in [0, 0.1) is 25.2 Å². The number of methoxy groups -OCH3 is 1. The van der Waals surface area contributed by atoms with Gasteiger partial charge in [-0.2, -0.15) is 5.26 Å². The number of fused-ring (bicyclic) bond motifs is 4. The van der Waals surface area contributed by atoms with Gasteiger partial charge in [0, 0.05) is 41.3 Å². The van der Waals surface area contributed by atoms with E-state index in [0.29, 0.717) is 49.0 Å². The van der Waals surface area contributed by atoms with Gasteiger partial charge >= 0.3 is 0 Å². The Kier molecular flexibility index (Phi) is 5.76. The van der Waals surface area contributed by atoms with Crippen LogP contribution in [-0.4, -0.2) is 72.3 Å². The van der Waals surface area contributed by atoms with E-state index in [1.807, 2.05) is 27.0 Å². The van der Waals surface area contributed by atoms with Crippen molar-refractivity contribution in [1.82, 2.24) is 9.80 Å². The van der Waals surface area contributed by atoms with Gasteiger partial charge in [-0.05, 0) is 38.4 Å². The number of aliphatic hydroxyl groups is 1. The van der Waals surface area contributed by atoms with Crippen LogP contribution in [0.1, 0.15) is 45.5 Å². The van der Waals surface area contributed by atoms with E-state index in [9.17, 15) is 15.5 Å². The lowest BCUT2D eigenvalue weighted by Gasteiger charge is -2.57. The first-order valence-electron chi connectivity index (χ1n) is 12.9. The topological polar surface area (TPSA) is 108 Å². The summed E-state index contributed by atoms with van der Waals surface area (Å²) in [5.41, 5.74) is 4.17. The van der Waals surface area contributed by atoms with E-state index in [0.717, 1.165) is 33.4 Å². The lowest BCUT2D eigenvalue weighted by Crippen LogP contribution is -2.68. The lowest BCUT2D eigenvalue weighted by molar-refractivity contribution is -0.0845. The number of ether oxygens (including phenoxy) is 4. The van der Waals surface area contributed by atoms with Gasteiger partial charge in [0.1, 0.15) is 17.9 Å². The molecule has 1 fully saturated rings. The van der Waals surface area contributed by atoms with E-state index in [2.05, 4.69) is 22.4 Å². The average molecular weight is 520 g/mol. The Balaban J connectivity index is 1.64. The zero-order valence-electron chi connectivity index (χ0n) is 22.2. The summed E-state index contributed by atoms with van der Waals surface area (Å²) in [5.74, 6) is 2.49. The molecule has 4 atom stereocenters. The van der Waals surface area contributed by atoms with Gasteiger partial charge in [-0.25, -0.2) is 0 Å². The van der Waals surface area contributed by atoms with Crippen molar-refractivity contribution in [2.24, 2.45) is 0 Å². The van der Waals surface area contributed by atoms with Crippen molar-refractivity contribution in [3.8, 4) is 34.8 Å². The van der Waals surface area contributed by atoms with Crippen LogP contribution < -0.4 is 18.9 Å². The Bertz CT molecular complexity index is 1380. The zero-order valence-corrected chi connectivity index (χ0v) is 22.2. The summed E-state index contributed by atoms with van der Waals surface area (Å²) < 4.78 is 23.7. The summed E-state index contributed by atoms with van der Waals surface area (Å²) in [5, 5.41) is 33.3. The molecule has 0 aliphatic carbocycles. The van der Waals surface area contributed by atoms with Gasteiger partial charge in [-0.1, -0.05) is 18.7 Å². The molecule has 2 bridgehead atoms. The van der Waals surface area contributed by atoms with Crippen molar-refractivity contribution in [2.45, 2.75) is 50.4 Å². The first-order chi connectivity index (χ1) is 18.3. The fourth-order valence-corrected chi connectivity index (χ4v) is 7.47. The molecule has 5 heterocycles. The molecule has 0 saturated carbocycles. The molecule has 2 N–H and O–H groups in total. The molecule has 5 aliphatic rings. The molecular weight excluding hydrogens is 486 g/mol. The van der Waals surface area contributed by atoms with Crippen molar-refractivity contribution in [2.75, 3.05) is 40.7 Å². The molecule has 1 saturated heterocycles. The third-order valence-electron chi connectivity index (χ3n) is 8.70. The quantitative estimate of drug-likeness (QED) is 0.576. The molecule has 9 nitrogen and oxygen atoms in total. The maximum atomic E-state index is 11.5. The number of phenolic OH excluding ortho intramolecular Hbond substituents is 1. The van der Waals surface area contributed by atoms with Crippen molar-refractivity contribution in [3.05, 3.63) is 52.1 Å². The van der Waals surface area contributed by atoms with E-state index in [1.165, 1.54) is 0 Å². The Morgan fingerprint density at radius 3 is 2.71 bits per heavy atom. The molecule has 200 valence electrons. The van der Waals surface area contributed by atoms with Crippen molar-refractivity contribution >= 4 is 0 Å². The highest BCUT2D eigenvalue weighted by Gasteiger charge is 2.59. The van der Waals surface area contributed by atoms with Crippen LogP contribution >= 0.6 is 0 Å². The third kappa shape index (κ3) is 3.14. The summed E-state index contributed by atoms with van der Waals surface area (Å²) in [6.45, 7) is 8.30. The smallest absolute Gasteiger partial charge is 0.231 e. The first-order valence-corrected chi connectivity index (χ1v) is 12.9. The number of likely N-dealkylation sites (N-methyl/N-ethyl adjacent to an activating group) is 1. The number of benzene rings is 2. The maximum absolute atomic E-state index is 11.5. The second-order valence-electron chi connectivity index (χ2n) is 10.7. The van der Waals surface area contributed by atoms with E-state index in [4.69, 9.17) is 18.9 Å². The highest BCUT2D eigenvalue weighted by atomic mass is 16.7. The molecule has 0 spiro atoms. The number of hydrogen-bond donors (Lipinski definition) is 2. The minimum Gasteiger partial charge on any atom is -0.504 e. The number of hydrogen-bond acceptors (Lipinski definition) is 9. The van der Waals surface area contributed by atoms with Gasteiger partial charge in [0.25, 0.3) is 0 Å². The van der Waals surface area contributed by atoms with Crippen LogP contribution in [-0.2, 0) is 12.8 Å². The molecule has 2 aromatic carbocycles. The van der Waals surface area contributed by atoms with Crippen molar-refractivity contribution < 1.29 is 29.2 Å². The molecule has 2 aromatic rings. The Morgan fingerprint density at radius 2 is 2.03 bits per heavy atom. The highest BCUT2D eigenvalue weighted by Crippen LogP contribution is 2.59. The molecule has 9 heteroatoms. The second-order valence-corrected chi connectivity index (χ2v) is 10.7. The van der Waals surface area contributed by atoms with Gasteiger partial charge in [-0.3, -0.25) is 9.80 Å². The van der Waals surface area contributed by atoms with Crippen molar-refractivity contribution in [1.29, 1.82) is 5.26 Å². The number of nitriles is 1. The first kappa shape index (κ1) is 24.9. The summed E-state index contributed by atoms with van der Waals surface area (Å²) in [4.78, 5) is 4.34. The van der Waals surface area contributed by atoms with Gasteiger partial charge in [0.05, 0.1) is 31.9 Å². The predicted octanol–water partition coefficient (Wildman–Crippen LogP) is 3.08. The largest absolute Gasteiger partial charge is 0.504 e. The van der Waals surface area contributed by atoms with Crippen LogP contribution in [0.25, 0.3) is 0 Å². The summed E-state index contributed by atoms with van der Waals surface area (Å²) >= 11 is 0. The van der Waals surface area contributed by atoms with Crippen LogP contribution in [0.15, 0.2) is 18.7 Å². The van der Waals surface area contributed by atoms with Crippen LogP contribution in [0.5, 0.6) is 28.7 Å². The minimum absolute atomic E-state index is 0.0856. The van der Waals surface area contributed by atoms with Crippen LogP contribution in [0.3, 0.4) is 0 Å². The lowest BCUT2D eigenvalue weighted by atomic mass is 9.76. The summed E-state index contributed by atoms with van der Waals surface area (Å²) in [7, 11) is 3.56. The Hall–Kier alpha value is -3.45. The Labute approximate surface area is 222 Å². The van der Waals surface area contributed by atoms with Gasteiger partial charge in [0.2, 0.25) is 6.79 Å². The molecule has 7 rings (SSSR count). The van der Waals surface area contributed by atoms with E-state index >= 15 is 0 Å². The van der Waals surface area contributed by atoms with Gasteiger partial charge in [-0.15, -0.1) is 0 Å². The SMILES string of the molecule is C=CCOc1c(C)c2c(c3c1CC1[C@H]4c5c(cc(C)c(OC)c5O)CC(C#N)(CN4C)N1[C@H]3CO)OCO2. The number of aliphatic hydroxyl groups excluding tert-OH is 1. The fourth-order valence-electron chi connectivity index (χ4n) is 7.47. The molecule has 0 aromatic heterocycles. The molecule has 0 amide bonds. The zero-order chi connectivity index (χ0) is 26.9. The monoisotopic (exact) mass is 519 g/mol. The maximum Gasteiger partial charge on any atom is 0.231 e.